The summed E-state index contributed by atoms with van der Waals surface area (Å²) in [6.45, 7) is 3.27. The van der Waals surface area contributed by atoms with Crippen molar-refractivity contribution >= 4 is 10.0 Å². The summed E-state index contributed by atoms with van der Waals surface area (Å²) in [5, 5.41) is 15.4. The van der Waals surface area contributed by atoms with Crippen molar-refractivity contribution < 1.29 is 13.5 Å². The van der Waals surface area contributed by atoms with Crippen LogP contribution in [0.2, 0.25) is 0 Å². The summed E-state index contributed by atoms with van der Waals surface area (Å²) in [6.07, 6.45) is 3.26. The fraction of sp³-hybridized carbons (Fsp3) is 0.333. The molecule has 0 spiro atoms. The number of aliphatic hydroxyl groups excluding tert-OH is 1. The number of nitrogens with zero attached hydrogens (tertiary/aromatic N) is 2. The van der Waals surface area contributed by atoms with E-state index in [1.165, 1.54) is 0 Å². The third kappa shape index (κ3) is 2.87. The van der Waals surface area contributed by atoms with E-state index in [0.29, 0.717) is 5.69 Å². The maximum absolute atomic E-state index is 12.2. The summed E-state index contributed by atoms with van der Waals surface area (Å²) in [6, 6.07) is 1.81. The number of rotatable bonds is 5. The van der Waals surface area contributed by atoms with Gasteiger partial charge in [-0.3, -0.25) is 10.1 Å². The molecule has 0 aliphatic rings. The number of aromatic nitrogens is 3. The Morgan fingerprint density at radius 1 is 1.40 bits per heavy atom. The van der Waals surface area contributed by atoms with Crippen molar-refractivity contribution in [2.45, 2.75) is 32.0 Å². The number of sulfonamides is 1. The number of H-pyrrole nitrogens is 1. The third-order valence-corrected chi connectivity index (χ3v) is 4.42. The van der Waals surface area contributed by atoms with Crippen molar-refractivity contribution in [1.82, 2.24) is 19.9 Å². The Morgan fingerprint density at radius 2 is 2.15 bits per heavy atom. The molecule has 0 aromatic carbocycles. The first-order chi connectivity index (χ1) is 9.45. The van der Waals surface area contributed by atoms with Crippen LogP contribution in [0.1, 0.15) is 22.4 Å². The first kappa shape index (κ1) is 14.6. The zero-order valence-corrected chi connectivity index (χ0v) is 12.0. The van der Waals surface area contributed by atoms with E-state index in [0.717, 1.165) is 11.1 Å². The highest BCUT2D eigenvalue weighted by atomic mass is 32.2. The zero-order valence-electron chi connectivity index (χ0n) is 11.2. The lowest BCUT2D eigenvalue weighted by Gasteiger charge is -2.07. The minimum atomic E-state index is -3.78. The van der Waals surface area contributed by atoms with Gasteiger partial charge in [0.15, 0.2) is 5.03 Å². The molecule has 3 N–H and O–H groups in total. The Labute approximate surface area is 117 Å². The maximum Gasteiger partial charge on any atom is 0.260 e. The molecule has 20 heavy (non-hydrogen) atoms. The van der Waals surface area contributed by atoms with E-state index in [1.54, 1.807) is 19.3 Å². The van der Waals surface area contributed by atoms with Crippen LogP contribution in [0.15, 0.2) is 23.5 Å². The number of hydrogen-bond donors (Lipinski definition) is 3. The lowest BCUT2D eigenvalue weighted by atomic mass is 10.2. The summed E-state index contributed by atoms with van der Waals surface area (Å²) < 4.78 is 26.8. The summed E-state index contributed by atoms with van der Waals surface area (Å²) in [7, 11) is -3.78. The van der Waals surface area contributed by atoms with Crippen molar-refractivity contribution in [1.29, 1.82) is 0 Å². The molecule has 0 saturated heterocycles. The fourth-order valence-electron chi connectivity index (χ4n) is 1.76. The van der Waals surface area contributed by atoms with Crippen LogP contribution in [0.5, 0.6) is 0 Å². The second-order valence-corrected chi connectivity index (χ2v) is 6.10. The quantitative estimate of drug-likeness (QED) is 0.740. The van der Waals surface area contributed by atoms with Gasteiger partial charge in [0.1, 0.15) is 0 Å². The van der Waals surface area contributed by atoms with Gasteiger partial charge in [-0.25, -0.2) is 13.1 Å². The van der Waals surface area contributed by atoms with E-state index in [-0.39, 0.29) is 23.7 Å². The van der Waals surface area contributed by atoms with Crippen LogP contribution < -0.4 is 4.72 Å². The van der Waals surface area contributed by atoms with Crippen molar-refractivity contribution in [3.8, 4) is 0 Å². The lowest BCUT2D eigenvalue weighted by Crippen LogP contribution is -2.25. The van der Waals surface area contributed by atoms with Crippen molar-refractivity contribution in [3.63, 3.8) is 0 Å². The van der Waals surface area contributed by atoms with Crippen molar-refractivity contribution in [3.05, 3.63) is 40.8 Å². The monoisotopic (exact) mass is 296 g/mol. The Hall–Kier alpha value is -1.77. The molecule has 0 amide bonds. The van der Waals surface area contributed by atoms with Gasteiger partial charge in [0.25, 0.3) is 10.0 Å². The van der Waals surface area contributed by atoms with Gasteiger partial charge in [-0.05, 0) is 31.0 Å². The molecular formula is C12H16N4O3S. The van der Waals surface area contributed by atoms with Gasteiger partial charge < -0.3 is 5.11 Å². The second-order valence-electron chi connectivity index (χ2n) is 4.42. The van der Waals surface area contributed by atoms with E-state index in [4.69, 9.17) is 0 Å². The van der Waals surface area contributed by atoms with E-state index in [1.807, 2.05) is 13.0 Å². The lowest BCUT2D eigenvalue weighted by molar-refractivity contribution is 0.277. The minimum Gasteiger partial charge on any atom is -0.392 e. The summed E-state index contributed by atoms with van der Waals surface area (Å²) >= 11 is 0. The predicted octanol–water partition coefficient (Wildman–Crippen LogP) is 0.392. The van der Waals surface area contributed by atoms with Crippen molar-refractivity contribution in [2.24, 2.45) is 0 Å². The number of aromatic amines is 1. The van der Waals surface area contributed by atoms with E-state index in [2.05, 4.69) is 19.9 Å². The van der Waals surface area contributed by atoms with Gasteiger partial charge in [0, 0.05) is 30.2 Å². The maximum atomic E-state index is 12.2. The Bertz CT molecular complexity index is 709. The molecule has 0 saturated carbocycles. The standard InChI is InChI=1S/C12H16N4O3S/c1-8-3-4-13-5-10(8)6-14-20(18,19)12-11(7-17)9(2)15-16-12/h3-5,14,17H,6-7H2,1-2H3,(H,15,16). The molecule has 0 unspecified atom stereocenters. The van der Waals surface area contributed by atoms with Crippen LogP contribution in [0, 0.1) is 13.8 Å². The number of nitrogens with one attached hydrogen (secondary N) is 2. The molecule has 0 radical (unpaired) electrons. The molecular weight excluding hydrogens is 280 g/mol. The first-order valence-electron chi connectivity index (χ1n) is 5.99. The molecule has 8 heteroatoms. The van der Waals surface area contributed by atoms with E-state index >= 15 is 0 Å². The molecule has 0 aliphatic heterocycles. The summed E-state index contributed by atoms with van der Waals surface area (Å²) in [5.41, 5.74) is 2.54. The summed E-state index contributed by atoms with van der Waals surface area (Å²) in [5.74, 6) is 0. The molecule has 2 aromatic rings. The minimum absolute atomic E-state index is 0.124. The van der Waals surface area contributed by atoms with Crippen LogP contribution in [-0.2, 0) is 23.2 Å². The number of hydrogen-bond acceptors (Lipinski definition) is 5. The SMILES string of the molecule is Cc1ccncc1CNS(=O)(=O)c1n[nH]c(C)c1CO. The molecule has 2 heterocycles. The molecule has 0 atom stereocenters. The van der Waals surface area contributed by atoms with E-state index < -0.39 is 10.0 Å². The Balaban J connectivity index is 2.22. The van der Waals surface area contributed by atoms with Crippen LogP contribution in [0.3, 0.4) is 0 Å². The average Bonchev–Trinajstić information content (AvgIpc) is 2.79. The van der Waals surface area contributed by atoms with Gasteiger partial charge in [-0.15, -0.1) is 0 Å². The number of pyridine rings is 1. The third-order valence-electron chi connectivity index (χ3n) is 3.05. The highest BCUT2D eigenvalue weighted by molar-refractivity contribution is 7.89. The molecule has 2 aromatic heterocycles. The Kier molecular flexibility index (Phi) is 4.17. The molecule has 0 aliphatic carbocycles. The van der Waals surface area contributed by atoms with Gasteiger partial charge in [-0.2, -0.15) is 5.10 Å². The number of aliphatic hydroxyl groups is 1. The zero-order chi connectivity index (χ0) is 14.8. The average molecular weight is 296 g/mol. The molecule has 108 valence electrons. The van der Waals surface area contributed by atoms with Gasteiger partial charge in [0.2, 0.25) is 0 Å². The van der Waals surface area contributed by atoms with E-state index in [9.17, 15) is 13.5 Å². The van der Waals surface area contributed by atoms with Crippen LogP contribution in [0.4, 0.5) is 0 Å². The molecule has 2 rings (SSSR count). The summed E-state index contributed by atoms with van der Waals surface area (Å²) in [4.78, 5) is 3.96. The van der Waals surface area contributed by atoms with Gasteiger partial charge >= 0.3 is 0 Å². The van der Waals surface area contributed by atoms with Crippen LogP contribution in [-0.4, -0.2) is 28.7 Å². The fourth-order valence-corrected chi connectivity index (χ4v) is 2.95. The molecule has 0 fully saturated rings. The predicted molar refractivity (Wildman–Crippen MR) is 72.2 cm³/mol. The highest BCUT2D eigenvalue weighted by Gasteiger charge is 2.23. The van der Waals surface area contributed by atoms with Crippen LogP contribution in [0.25, 0.3) is 0 Å². The highest BCUT2D eigenvalue weighted by Crippen LogP contribution is 2.16. The topological polar surface area (TPSA) is 108 Å². The van der Waals surface area contributed by atoms with Crippen LogP contribution >= 0.6 is 0 Å². The van der Waals surface area contributed by atoms with Gasteiger partial charge in [-0.1, -0.05) is 0 Å². The normalized spacial score (nSPS) is 11.8. The van der Waals surface area contributed by atoms with Gasteiger partial charge in [0.05, 0.1) is 6.61 Å². The first-order valence-corrected chi connectivity index (χ1v) is 7.48. The largest absolute Gasteiger partial charge is 0.392 e. The molecule has 0 bridgehead atoms. The number of aryl methyl sites for hydroxylation is 2. The van der Waals surface area contributed by atoms with Crippen molar-refractivity contribution in [2.75, 3.05) is 0 Å². The Morgan fingerprint density at radius 3 is 2.80 bits per heavy atom. The smallest absolute Gasteiger partial charge is 0.260 e. The molecule has 7 nitrogen and oxygen atoms in total. The second kappa shape index (κ2) is 5.70.